The van der Waals surface area contributed by atoms with Gasteiger partial charge >= 0.3 is 0 Å². The second kappa shape index (κ2) is 5.89. The molecule has 1 aromatic heterocycles. The van der Waals surface area contributed by atoms with Crippen LogP contribution in [0.25, 0.3) is 10.9 Å². The van der Waals surface area contributed by atoms with Crippen LogP contribution in [0.1, 0.15) is 11.6 Å². The van der Waals surface area contributed by atoms with Crippen LogP contribution in [-0.4, -0.2) is 16.7 Å². The summed E-state index contributed by atoms with van der Waals surface area (Å²) in [5.41, 5.74) is 2.35. The maximum absolute atomic E-state index is 13.3. The number of fused-ring (bicyclic) bond motifs is 1. The van der Waals surface area contributed by atoms with Crippen molar-refractivity contribution in [3.63, 3.8) is 0 Å². The minimum absolute atomic E-state index is 0.105. The summed E-state index contributed by atoms with van der Waals surface area (Å²) in [6.45, 7) is -0.105. The Kier molecular flexibility index (Phi) is 3.79. The maximum Gasteiger partial charge on any atom is 0.125 e. The first-order valence-electron chi connectivity index (χ1n) is 6.74. The third-order valence-electron chi connectivity index (χ3n) is 3.39. The number of nitrogens with one attached hydrogen (secondary N) is 1. The second-order valence-electron chi connectivity index (χ2n) is 4.81. The molecule has 1 atom stereocenters. The molecule has 0 aliphatic heterocycles. The third-order valence-corrected chi connectivity index (χ3v) is 3.39. The zero-order chi connectivity index (χ0) is 14.7. The number of rotatable bonds is 4. The van der Waals surface area contributed by atoms with Crippen molar-refractivity contribution in [3.05, 3.63) is 72.2 Å². The summed E-state index contributed by atoms with van der Waals surface area (Å²) in [5.74, 6) is -0.312. The summed E-state index contributed by atoms with van der Waals surface area (Å²) in [4.78, 5) is 4.38. The van der Waals surface area contributed by atoms with E-state index in [4.69, 9.17) is 0 Å². The zero-order valence-electron chi connectivity index (χ0n) is 11.3. The van der Waals surface area contributed by atoms with Crippen molar-refractivity contribution in [1.82, 2.24) is 4.98 Å². The number of hydrogen-bond donors (Lipinski definition) is 2. The van der Waals surface area contributed by atoms with Crippen LogP contribution in [-0.2, 0) is 0 Å². The van der Waals surface area contributed by atoms with Crippen molar-refractivity contribution in [2.24, 2.45) is 0 Å². The summed E-state index contributed by atoms with van der Waals surface area (Å²) >= 11 is 0. The Bertz CT molecular complexity index is 755. The molecule has 0 saturated carbocycles. The van der Waals surface area contributed by atoms with Crippen LogP contribution in [0, 0.1) is 5.82 Å². The van der Waals surface area contributed by atoms with Crippen LogP contribution in [0.15, 0.2) is 60.8 Å². The molecule has 2 N–H and O–H groups in total. The van der Waals surface area contributed by atoms with Crippen LogP contribution in [0.3, 0.4) is 0 Å². The number of aliphatic hydroxyl groups is 1. The summed E-state index contributed by atoms with van der Waals surface area (Å²) in [6.07, 6.45) is 1.72. The Morgan fingerprint density at radius 3 is 2.71 bits per heavy atom. The second-order valence-corrected chi connectivity index (χ2v) is 4.81. The molecular formula is C17H15FN2O. The molecule has 0 bridgehead atoms. The van der Waals surface area contributed by atoms with Gasteiger partial charge < -0.3 is 10.4 Å². The summed E-state index contributed by atoms with van der Waals surface area (Å²) in [7, 11) is 0. The van der Waals surface area contributed by atoms with Gasteiger partial charge in [-0.05, 0) is 24.3 Å². The van der Waals surface area contributed by atoms with Crippen LogP contribution in [0.2, 0.25) is 0 Å². The molecule has 0 radical (unpaired) electrons. The minimum Gasteiger partial charge on any atom is -0.394 e. The van der Waals surface area contributed by atoms with Crippen molar-refractivity contribution in [3.8, 4) is 0 Å². The molecule has 0 aliphatic rings. The molecule has 3 rings (SSSR count). The fraction of sp³-hybridized carbons (Fsp3) is 0.118. The van der Waals surface area contributed by atoms with E-state index in [-0.39, 0.29) is 18.5 Å². The molecule has 3 aromatic rings. The highest BCUT2D eigenvalue weighted by Crippen LogP contribution is 2.25. The van der Waals surface area contributed by atoms with Crippen molar-refractivity contribution < 1.29 is 9.50 Å². The van der Waals surface area contributed by atoms with Gasteiger partial charge in [0.05, 0.1) is 18.2 Å². The molecule has 3 nitrogen and oxygen atoms in total. The van der Waals surface area contributed by atoms with Gasteiger partial charge in [-0.3, -0.25) is 4.98 Å². The predicted molar refractivity (Wildman–Crippen MR) is 81.6 cm³/mol. The first-order chi connectivity index (χ1) is 10.3. The van der Waals surface area contributed by atoms with Gasteiger partial charge in [0.2, 0.25) is 0 Å². The number of pyridine rings is 1. The Labute approximate surface area is 122 Å². The fourth-order valence-electron chi connectivity index (χ4n) is 2.41. The summed E-state index contributed by atoms with van der Waals surface area (Å²) in [5, 5.41) is 13.8. The van der Waals surface area contributed by atoms with Gasteiger partial charge in [0.15, 0.2) is 0 Å². The molecule has 1 heterocycles. The summed E-state index contributed by atoms with van der Waals surface area (Å²) in [6, 6.07) is 15.5. The number of halogens is 1. The monoisotopic (exact) mass is 282 g/mol. The van der Waals surface area contributed by atoms with E-state index in [0.29, 0.717) is 5.69 Å². The average molecular weight is 282 g/mol. The molecule has 4 heteroatoms. The molecule has 0 aliphatic carbocycles. The number of para-hydroxylation sites is 1. The van der Waals surface area contributed by atoms with E-state index in [1.165, 1.54) is 12.1 Å². The van der Waals surface area contributed by atoms with E-state index in [1.54, 1.807) is 18.3 Å². The SMILES string of the molecule is OCC(Nc1cccc(F)c1)c1cccc2cccnc12. The number of anilines is 1. The van der Waals surface area contributed by atoms with Gasteiger partial charge in [0.25, 0.3) is 0 Å². The normalized spacial score (nSPS) is 12.3. The topological polar surface area (TPSA) is 45.1 Å². The number of nitrogens with zero attached hydrogens (tertiary/aromatic N) is 1. The number of aliphatic hydroxyl groups excluding tert-OH is 1. The maximum atomic E-state index is 13.3. The van der Waals surface area contributed by atoms with Crippen molar-refractivity contribution in [2.45, 2.75) is 6.04 Å². The lowest BCUT2D eigenvalue weighted by atomic mass is 10.0. The zero-order valence-corrected chi connectivity index (χ0v) is 11.3. The van der Waals surface area contributed by atoms with E-state index in [9.17, 15) is 9.50 Å². The van der Waals surface area contributed by atoms with Gasteiger partial charge in [-0.15, -0.1) is 0 Å². The van der Waals surface area contributed by atoms with Crippen LogP contribution in [0.4, 0.5) is 10.1 Å². The summed E-state index contributed by atoms with van der Waals surface area (Å²) < 4.78 is 13.3. The van der Waals surface area contributed by atoms with Crippen molar-refractivity contribution >= 4 is 16.6 Å². The van der Waals surface area contributed by atoms with Gasteiger partial charge in [-0.1, -0.05) is 30.3 Å². The molecular weight excluding hydrogens is 267 g/mol. The van der Waals surface area contributed by atoms with Gasteiger partial charge in [0, 0.05) is 22.8 Å². The molecule has 0 fully saturated rings. The number of aromatic nitrogens is 1. The van der Waals surface area contributed by atoms with Crippen molar-refractivity contribution in [1.29, 1.82) is 0 Å². The molecule has 2 aromatic carbocycles. The third kappa shape index (κ3) is 2.85. The predicted octanol–water partition coefficient (Wildman–Crippen LogP) is 3.52. The quantitative estimate of drug-likeness (QED) is 0.769. The highest BCUT2D eigenvalue weighted by atomic mass is 19.1. The first-order valence-corrected chi connectivity index (χ1v) is 6.74. The van der Waals surface area contributed by atoms with E-state index >= 15 is 0 Å². The lowest BCUT2D eigenvalue weighted by Gasteiger charge is -2.19. The van der Waals surface area contributed by atoms with Crippen LogP contribution >= 0.6 is 0 Å². The average Bonchev–Trinajstić information content (AvgIpc) is 2.52. The fourth-order valence-corrected chi connectivity index (χ4v) is 2.41. The van der Waals surface area contributed by atoms with E-state index in [2.05, 4.69) is 10.3 Å². The highest BCUT2D eigenvalue weighted by molar-refractivity contribution is 5.82. The lowest BCUT2D eigenvalue weighted by Crippen LogP contribution is -2.15. The van der Waals surface area contributed by atoms with E-state index in [1.807, 2.05) is 30.3 Å². The molecule has 0 spiro atoms. The largest absolute Gasteiger partial charge is 0.394 e. The lowest BCUT2D eigenvalue weighted by molar-refractivity contribution is 0.277. The Morgan fingerprint density at radius 2 is 1.90 bits per heavy atom. The standard InChI is InChI=1S/C17H15FN2O/c18-13-6-2-7-14(10-13)20-16(11-21)15-8-1-4-12-5-3-9-19-17(12)15/h1-10,16,20-21H,11H2. The molecule has 0 amide bonds. The Morgan fingerprint density at radius 1 is 1.10 bits per heavy atom. The van der Waals surface area contributed by atoms with Crippen LogP contribution in [0.5, 0.6) is 0 Å². The van der Waals surface area contributed by atoms with Crippen molar-refractivity contribution in [2.75, 3.05) is 11.9 Å². The van der Waals surface area contributed by atoms with Gasteiger partial charge in [-0.25, -0.2) is 4.39 Å². The van der Waals surface area contributed by atoms with Gasteiger partial charge in [0.1, 0.15) is 5.82 Å². The molecule has 1 unspecified atom stereocenters. The minimum atomic E-state index is -0.342. The smallest absolute Gasteiger partial charge is 0.125 e. The first kappa shape index (κ1) is 13.5. The number of hydrogen-bond acceptors (Lipinski definition) is 3. The van der Waals surface area contributed by atoms with E-state index in [0.717, 1.165) is 16.5 Å². The van der Waals surface area contributed by atoms with E-state index < -0.39 is 0 Å². The van der Waals surface area contributed by atoms with Crippen LogP contribution < -0.4 is 5.32 Å². The molecule has 106 valence electrons. The Balaban J connectivity index is 1.98. The Hall–Kier alpha value is -2.46. The number of benzene rings is 2. The highest BCUT2D eigenvalue weighted by Gasteiger charge is 2.14. The molecule has 0 saturated heterocycles. The molecule has 21 heavy (non-hydrogen) atoms. The van der Waals surface area contributed by atoms with Gasteiger partial charge in [-0.2, -0.15) is 0 Å².